The van der Waals surface area contributed by atoms with E-state index >= 15 is 0 Å². The Labute approximate surface area is 192 Å². The zero-order chi connectivity index (χ0) is 21.9. The Balaban J connectivity index is 1.37. The first kappa shape index (κ1) is 20.5. The van der Waals surface area contributed by atoms with Crippen molar-refractivity contribution < 1.29 is 9.53 Å². The molecule has 0 atom stereocenters. The summed E-state index contributed by atoms with van der Waals surface area (Å²) in [6.45, 7) is 1.83. The van der Waals surface area contributed by atoms with Crippen LogP contribution in [0.3, 0.4) is 0 Å². The largest absolute Gasteiger partial charge is 0.490 e. The van der Waals surface area contributed by atoms with Crippen molar-refractivity contribution in [3.63, 3.8) is 0 Å². The van der Waals surface area contributed by atoms with Crippen LogP contribution in [0, 0.1) is 0 Å². The fourth-order valence-electron chi connectivity index (χ4n) is 4.08. The average molecular weight is 441 g/mol. The number of benzene rings is 4. The highest BCUT2D eigenvalue weighted by Gasteiger charge is 2.22. The molecule has 1 N–H and O–H groups in total. The third-order valence-corrected chi connectivity index (χ3v) is 6.50. The standard InChI is InChI=1S/C27H24N2O2S/c1-32-22-12-9-19(10-13-22)18-28-27(30)21-11-14-25-26(17-21)31-16-15-29(25)24-8-4-6-20-5-2-3-7-23(20)24/h2-14,17H,15-16,18H2,1H3,(H,28,30). The zero-order valence-corrected chi connectivity index (χ0v) is 18.7. The van der Waals surface area contributed by atoms with Gasteiger partial charge >= 0.3 is 0 Å². The van der Waals surface area contributed by atoms with Crippen molar-refractivity contribution in [2.45, 2.75) is 11.4 Å². The van der Waals surface area contributed by atoms with E-state index in [9.17, 15) is 4.79 Å². The normalized spacial score (nSPS) is 12.8. The summed E-state index contributed by atoms with van der Waals surface area (Å²) < 4.78 is 5.94. The Morgan fingerprint density at radius 2 is 1.78 bits per heavy atom. The first-order valence-electron chi connectivity index (χ1n) is 10.7. The van der Waals surface area contributed by atoms with Gasteiger partial charge in [-0.15, -0.1) is 11.8 Å². The lowest BCUT2D eigenvalue weighted by Crippen LogP contribution is -2.29. The summed E-state index contributed by atoms with van der Waals surface area (Å²) in [4.78, 5) is 16.3. The number of carbonyl (C=O) groups excluding carboxylic acids is 1. The molecule has 4 aromatic carbocycles. The molecule has 0 unspecified atom stereocenters. The van der Waals surface area contributed by atoms with Gasteiger partial charge in [0.05, 0.1) is 12.2 Å². The molecule has 0 bridgehead atoms. The SMILES string of the molecule is CSc1ccc(CNC(=O)c2ccc3c(c2)OCCN3c2cccc3ccccc23)cc1. The van der Waals surface area contributed by atoms with Crippen molar-refractivity contribution in [3.05, 3.63) is 96.1 Å². The number of nitrogens with zero attached hydrogens (tertiary/aromatic N) is 1. The Morgan fingerprint density at radius 3 is 2.62 bits per heavy atom. The van der Waals surface area contributed by atoms with E-state index in [1.54, 1.807) is 11.8 Å². The van der Waals surface area contributed by atoms with Crippen molar-refractivity contribution in [1.29, 1.82) is 0 Å². The molecule has 160 valence electrons. The van der Waals surface area contributed by atoms with Crippen LogP contribution in [-0.2, 0) is 6.54 Å². The van der Waals surface area contributed by atoms with Crippen molar-refractivity contribution in [3.8, 4) is 5.75 Å². The number of hydrogen-bond donors (Lipinski definition) is 1. The summed E-state index contributed by atoms with van der Waals surface area (Å²) in [5.74, 6) is 0.633. The van der Waals surface area contributed by atoms with Gasteiger partial charge in [-0.1, -0.05) is 48.5 Å². The number of anilines is 2. The van der Waals surface area contributed by atoms with E-state index in [0.717, 1.165) is 29.2 Å². The van der Waals surface area contributed by atoms with Crippen LogP contribution in [0.4, 0.5) is 11.4 Å². The molecule has 0 radical (unpaired) electrons. The second-order valence-electron chi connectivity index (χ2n) is 7.71. The van der Waals surface area contributed by atoms with Crippen molar-refractivity contribution in [2.24, 2.45) is 0 Å². The molecule has 4 aromatic rings. The summed E-state index contributed by atoms with van der Waals surface area (Å²) >= 11 is 1.71. The molecule has 5 heteroatoms. The van der Waals surface area contributed by atoms with Crippen LogP contribution in [0.25, 0.3) is 10.8 Å². The molecular formula is C27H24N2O2S. The third-order valence-electron chi connectivity index (χ3n) is 5.75. The zero-order valence-electron chi connectivity index (χ0n) is 17.9. The van der Waals surface area contributed by atoms with Crippen LogP contribution in [-0.4, -0.2) is 25.3 Å². The molecule has 1 amide bonds. The smallest absolute Gasteiger partial charge is 0.251 e. The van der Waals surface area contributed by atoms with Gasteiger partial charge in [0.2, 0.25) is 0 Å². The van der Waals surface area contributed by atoms with Gasteiger partial charge in [-0.05, 0) is 53.6 Å². The van der Waals surface area contributed by atoms with Gasteiger partial charge in [-0.3, -0.25) is 4.79 Å². The second-order valence-corrected chi connectivity index (χ2v) is 8.59. The molecule has 0 aliphatic carbocycles. The van der Waals surface area contributed by atoms with Crippen LogP contribution < -0.4 is 15.0 Å². The van der Waals surface area contributed by atoms with E-state index in [0.29, 0.717) is 18.7 Å². The fourth-order valence-corrected chi connectivity index (χ4v) is 4.49. The van der Waals surface area contributed by atoms with E-state index in [1.807, 2.05) is 30.3 Å². The predicted molar refractivity (Wildman–Crippen MR) is 132 cm³/mol. The van der Waals surface area contributed by atoms with Gasteiger partial charge in [0, 0.05) is 28.1 Å². The van der Waals surface area contributed by atoms with E-state index < -0.39 is 0 Å². The number of rotatable bonds is 5. The monoisotopic (exact) mass is 440 g/mol. The maximum atomic E-state index is 12.8. The predicted octanol–water partition coefficient (Wildman–Crippen LogP) is 6.02. The maximum absolute atomic E-state index is 12.8. The molecule has 1 heterocycles. The lowest BCUT2D eigenvalue weighted by Gasteiger charge is -2.32. The minimum atomic E-state index is -0.104. The minimum Gasteiger partial charge on any atom is -0.490 e. The second kappa shape index (κ2) is 8.97. The molecule has 0 saturated heterocycles. The highest BCUT2D eigenvalue weighted by molar-refractivity contribution is 7.98. The summed E-state index contributed by atoms with van der Waals surface area (Å²) in [5, 5.41) is 5.43. The molecule has 0 saturated carbocycles. The van der Waals surface area contributed by atoms with Gasteiger partial charge < -0.3 is 15.0 Å². The van der Waals surface area contributed by atoms with Gasteiger partial charge in [0.15, 0.2) is 0 Å². The highest BCUT2D eigenvalue weighted by atomic mass is 32.2. The Bertz CT molecular complexity index is 1270. The molecular weight excluding hydrogens is 416 g/mol. The van der Waals surface area contributed by atoms with Crippen LogP contribution in [0.2, 0.25) is 0 Å². The van der Waals surface area contributed by atoms with Crippen LogP contribution >= 0.6 is 11.8 Å². The first-order valence-corrected chi connectivity index (χ1v) is 11.9. The van der Waals surface area contributed by atoms with Crippen LogP contribution in [0.15, 0.2) is 89.8 Å². The molecule has 4 nitrogen and oxygen atoms in total. The maximum Gasteiger partial charge on any atom is 0.251 e. The van der Waals surface area contributed by atoms with Crippen molar-refractivity contribution >= 4 is 39.8 Å². The number of thioether (sulfide) groups is 1. The summed E-state index contributed by atoms with van der Waals surface area (Å²) in [7, 11) is 0. The number of nitrogens with one attached hydrogen (secondary N) is 1. The summed E-state index contributed by atoms with van der Waals surface area (Å²) in [5.41, 5.74) is 3.81. The number of hydrogen-bond acceptors (Lipinski definition) is 4. The van der Waals surface area contributed by atoms with Crippen LogP contribution in [0.5, 0.6) is 5.75 Å². The molecule has 1 aliphatic heterocycles. The molecule has 32 heavy (non-hydrogen) atoms. The Hall–Kier alpha value is -3.44. The number of amides is 1. The first-order chi connectivity index (χ1) is 15.7. The number of ether oxygens (including phenoxy) is 1. The molecule has 1 aliphatic rings. The van der Waals surface area contributed by atoms with E-state index in [4.69, 9.17) is 4.74 Å². The van der Waals surface area contributed by atoms with Gasteiger partial charge in [0.25, 0.3) is 5.91 Å². The quantitative estimate of drug-likeness (QED) is 0.385. The topological polar surface area (TPSA) is 41.6 Å². The van der Waals surface area contributed by atoms with E-state index in [1.165, 1.54) is 15.7 Å². The Morgan fingerprint density at radius 1 is 0.969 bits per heavy atom. The average Bonchev–Trinajstić information content (AvgIpc) is 2.86. The Kier molecular flexibility index (Phi) is 5.73. The number of fused-ring (bicyclic) bond motifs is 2. The van der Waals surface area contributed by atoms with Crippen LogP contribution in [0.1, 0.15) is 15.9 Å². The summed E-state index contributed by atoms with van der Waals surface area (Å²) in [6, 6.07) is 28.7. The molecule has 5 rings (SSSR count). The molecule has 0 aromatic heterocycles. The molecule has 0 fully saturated rings. The van der Waals surface area contributed by atoms with Gasteiger partial charge in [0.1, 0.15) is 12.4 Å². The van der Waals surface area contributed by atoms with Gasteiger partial charge in [-0.2, -0.15) is 0 Å². The lowest BCUT2D eigenvalue weighted by molar-refractivity contribution is 0.0950. The van der Waals surface area contributed by atoms with E-state index in [-0.39, 0.29) is 5.91 Å². The highest BCUT2D eigenvalue weighted by Crippen LogP contribution is 2.40. The fraction of sp³-hybridized carbons (Fsp3) is 0.148. The van der Waals surface area contributed by atoms with Gasteiger partial charge in [-0.25, -0.2) is 0 Å². The lowest BCUT2D eigenvalue weighted by atomic mass is 10.1. The molecule has 0 spiro atoms. The number of carbonyl (C=O) groups is 1. The van der Waals surface area contributed by atoms with Crippen molar-refractivity contribution in [1.82, 2.24) is 5.32 Å². The third kappa shape index (κ3) is 4.04. The summed E-state index contributed by atoms with van der Waals surface area (Å²) in [6.07, 6.45) is 2.05. The minimum absolute atomic E-state index is 0.104. The van der Waals surface area contributed by atoms with Crippen molar-refractivity contribution in [2.75, 3.05) is 24.3 Å². The van der Waals surface area contributed by atoms with E-state index in [2.05, 4.69) is 71.1 Å².